The lowest BCUT2D eigenvalue weighted by molar-refractivity contribution is -0.130. The SMILES string of the molecule is O=C(CSc1nnnn1C1CC1)N1CCN(Cc2cccs2)CC1. The van der Waals surface area contributed by atoms with Gasteiger partial charge < -0.3 is 4.90 Å². The molecule has 1 aliphatic carbocycles. The van der Waals surface area contributed by atoms with Crippen LogP contribution in [0.25, 0.3) is 0 Å². The molecule has 0 aromatic carbocycles. The van der Waals surface area contributed by atoms with Crippen LogP contribution in [0, 0.1) is 0 Å². The van der Waals surface area contributed by atoms with Crippen molar-refractivity contribution in [1.82, 2.24) is 30.0 Å². The third-order valence-electron chi connectivity index (χ3n) is 4.36. The molecule has 128 valence electrons. The number of rotatable bonds is 6. The first-order valence-corrected chi connectivity index (χ1v) is 10.1. The lowest BCUT2D eigenvalue weighted by Crippen LogP contribution is -2.48. The molecule has 2 fully saturated rings. The van der Waals surface area contributed by atoms with E-state index in [1.807, 2.05) is 9.58 Å². The first-order chi connectivity index (χ1) is 11.8. The number of carbonyl (C=O) groups excluding carboxylic acids is 1. The van der Waals surface area contributed by atoms with Crippen LogP contribution in [-0.2, 0) is 11.3 Å². The van der Waals surface area contributed by atoms with Crippen molar-refractivity contribution < 1.29 is 4.79 Å². The van der Waals surface area contributed by atoms with Gasteiger partial charge in [0.05, 0.1) is 11.8 Å². The Morgan fingerprint density at radius 3 is 2.83 bits per heavy atom. The highest BCUT2D eigenvalue weighted by molar-refractivity contribution is 7.99. The van der Waals surface area contributed by atoms with Crippen molar-refractivity contribution in [2.75, 3.05) is 31.9 Å². The summed E-state index contributed by atoms with van der Waals surface area (Å²) in [6.45, 7) is 4.48. The fraction of sp³-hybridized carbons (Fsp3) is 0.600. The fourth-order valence-electron chi connectivity index (χ4n) is 2.82. The van der Waals surface area contributed by atoms with Gasteiger partial charge in [0.25, 0.3) is 0 Å². The Kier molecular flexibility index (Phi) is 4.81. The lowest BCUT2D eigenvalue weighted by Gasteiger charge is -2.34. The minimum atomic E-state index is 0.182. The van der Waals surface area contributed by atoms with Crippen LogP contribution in [0.4, 0.5) is 0 Å². The highest BCUT2D eigenvalue weighted by Gasteiger charge is 2.28. The molecule has 24 heavy (non-hydrogen) atoms. The van der Waals surface area contributed by atoms with Gasteiger partial charge in [-0.05, 0) is 34.7 Å². The smallest absolute Gasteiger partial charge is 0.233 e. The maximum absolute atomic E-state index is 12.4. The van der Waals surface area contributed by atoms with E-state index in [1.54, 1.807) is 11.3 Å². The Labute approximate surface area is 149 Å². The second kappa shape index (κ2) is 7.20. The maximum atomic E-state index is 12.4. The number of amides is 1. The van der Waals surface area contributed by atoms with Gasteiger partial charge in [-0.1, -0.05) is 17.8 Å². The van der Waals surface area contributed by atoms with Crippen LogP contribution < -0.4 is 0 Å². The summed E-state index contributed by atoms with van der Waals surface area (Å²) in [5, 5.41) is 14.7. The van der Waals surface area contributed by atoms with E-state index >= 15 is 0 Å². The minimum Gasteiger partial charge on any atom is -0.339 e. The van der Waals surface area contributed by atoms with E-state index in [0.29, 0.717) is 11.8 Å². The Morgan fingerprint density at radius 1 is 1.29 bits per heavy atom. The average molecular weight is 365 g/mol. The number of hydrogen-bond acceptors (Lipinski definition) is 7. The third kappa shape index (κ3) is 3.79. The number of carbonyl (C=O) groups is 1. The summed E-state index contributed by atoms with van der Waals surface area (Å²) in [7, 11) is 0. The van der Waals surface area contributed by atoms with Crippen molar-refractivity contribution in [2.45, 2.75) is 30.6 Å². The van der Waals surface area contributed by atoms with E-state index in [4.69, 9.17) is 0 Å². The van der Waals surface area contributed by atoms with Gasteiger partial charge in [0.1, 0.15) is 0 Å². The van der Waals surface area contributed by atoms with Gasteiger partial charge in [0, 0.05) is 37.6 Å². The van der Waals surface area contributed by atoms with Gasteiger partial charge >= 0.3 is 0 Å². The summed E-state index contributed by atoms with van der Waals surface area (Å²) in [4.78, 5) is 18.2. The molecule has 0 unspecified atom stereocenters. The molecule has 9 heteroatoms. The Hall–Kier alpha value is -1.45. The fourth-order valence-corrected chi connectivity index (χ4v) is 4.42. The van der Waals surface area contributed by atoms with E-state index in [0.717, 1.165) is 50.7 Å². The normalized spacial score (nSPS) is 18.9. The number of aromatic nitrogens is 4. The summed E-state index contributed by atoms with van der Waals surface area (Å²) in [5.74, 6) is 0.596. The van der Waals surface area contributed by atoms with Gasteiger partial charge in [-0.2, -0.15) is 0 Å². The Balaban J connectivity index is 1.23. The lowest BCUT2D eigenvalue weighted by atomic mass is 10.3. The second-order valence-corrected chi connectivity index (χ2v) is 8.14. The zero-order valence-electron chi connectivity index (χ0n) is 13.4. The summed E-state index contributed by atoms with van der Waals surface area (Å²) in [5.41, 5.74) is 0. The predicted molar refractivity (Wildman–Crippen MR) is 93.0 cm³/mol. The average Bonchev–Trinajstić information content (AvgIpc) is 3.12. The highest BCUT2D eigenvalue weighted by Crippen LogP contribution is 2.36. The highest BCUT2D eigenvalue weighted by atomic mass is 32.2. The molecule has 4 rings (SSSR count). The summed E-state index contributed by atoms with van der Waals surface area (Å²) < 4.78 is 1.86. The molecule has 1 amide bonds. The third-order valence-corrected chi connectivity index (χ3v) is 6.14. The largest absolute Gasteiger partial charge is 0.339 e. The maximum Gasteiger partial charge on any atom is 0.233 e. The molecule has 1 saturated heterocycles. The molecule has 2 aromatic heterocycles. The van der Waals surface area contributed by atoms with Crippen LogP contribution in [0.15, 0.2) is 22.7 Å². The van der Waals surface area contributed by atoms with Crippen molar-refractivity contribution in [3.63, 3.8) is 0 Å². The van der Waals surface area contributed by atoms with Gasteiger partial charge in [0.15, 0.2) is 0 Å². The van der Waals surface area contributed by atoms with Crippen molar-refractivity contribution in [3.8, 4) is 0 Å². The molecule has 0 bridgehead atoms. The van der Waals surface area contributed by atoms with Crippen LogP contribution in [0.5, 0.6) is 0 Å². The van der Waals surface area contributed by atoms with Crippen LogP contribution in [0.3, 0.4) is 0 Å². The second-order valence-electron chi connectivity index (χ2n) is 6.16. The summed E-state index contributed by atoms with van der Waals surface area (Å²) in [6, 6.07) is 4.70. The molecule has 1 saturated carbocycles. The minimum absolute atomic E-state index is 0.182. The van der Waals surface area contributed by atoms with Crippen LogP contribution in [0.2, 0.25) is 0 Å². The number of nitrogens with zero attached hydrogens (tertiary/aromatic N) is 6. The van der Waals surface area contributed by atoms with E-state index in [2.05, 4.69) is 37.9 Å². The van der Waals surface area contributed by atoms with E-state index < -0.39 is 0 Å². The molecule has 1 aliphatic heterocycles. The predicted octanol–water partition coefficient (Wildman–Crippen LogP) is 1.51. The number of piperazine rings is 1. The first-order valence-electron chi connectivity index (χ1n) is 8.23. The molecule has 2 aromatic rings. The van der Waals surface area contributed by atoms with Gasteiger partial charge in [-0.3, -0.25) is 9.69 Å². The molecular formula is C15H20N6OS2. The van der Waals surface area contributed by atoms with Crippen LogP contribution in [-0.4, -0.2) is 67.8 Å². The first kappa shape index (κ1) is 16.0. The summed E-state index contributed by atoms with van der Waals surface area (Å²) in [6.07, 6.45) is 2.28. The van der Waals surface area contributed by atoms with Gasteiger partial charge in [0.2, 0.25) is 11.1 Å². The molecule has 3 heterocycles. The molecular weight excluding hydrogens is 344 g/mol. The van der Waals surface area contributed by atoms with Crippen LogP contribution in [0.1, 0.15) is 23.8 Å². The number of thioether (sulfide) groups is 1. The Morgan fingerprint density at radius 2 is 2.12 bits per heavy atom. The van der Waals surface area contributed by atoms with Crippen molar-refractivity contribution in [3.05, 3.63) is 22.4 Å². The van der Waals surface area contributed by atoms with Crippen molar-refractivity contribution in [2.24, 2.45) is 0 Å². The summed E-state index contributed by atoms with van der Waals surface area (Å²) >= 11 is 3.24. The molecule has 0 radical (unpaired) electrons. The number of tetrazole rings is 1. The molecule has 0 N–H and O–H groups in total. The Bertz CT molecular complexity index is 676. The van der Waals surface area contributed by atoms with E-state index in [9.17, 15) is 4.79 Å². The molecule has 7 nitrogen and oxygen atoms in total. The van der Waals surface area contributed by atoms with Crippen LogP contribution >= 0.6 is 23.1 Å². The molecule has 0 spiro atoms. The van der Waals surface area contributed by atoms with Gasteiger partial charge in [-0.25, -0.2) is 4.68 Å². The topological polar surface area (TPSA) is 67.2 Å². The molecule has 0 atom stereocenters. The number of thiophene rings is 1. The van der Waals surface area contributed by atoms with Gasteiger partial charge in [-0.15, -0.1) is 16.4 Å². The quantitative estimate of drug-likeness (QED) is 0.724. The van der Waals surface area contributed by atoms with Crippen molar-refractivity contribution in [1.29, 1.82) is 0 Å². The zero-order chi connectivity index (χ0) is 16.4. The zero-order valence-corrected chi connectivity index (χ0v) is 15.0. The van der Waals surface area contributed by atoms with Crippen molar-refractivity contribution >= 4 is 29.0 Å². The molecule has 2 aliphatic rings. The van der Waals surface area contributed by atoms with E-state index in [-0.39, 0.29) is 5.91 Å². The standard InChI is InChI=1S/C15H20N6OS2/c22-14(11-24-15-16-17-18-21(15)12-3-4-12)20-7-5-19(6-8-20)10-13-2-1-9-23-13/h1-2,9,12H,3-8,10-11H2. The monoisotopic (exact) mass is 364 g/mol. The van der Waals surface area contributed by atoms with E-state index in [1.165, 1.54) is 16.6 Å². The number of hydrogen-bond donors (Lipinski definition) is 0.